The summed E-state index contributed by atoms with van der Waals surface area (Å²) < 4.78 is 1.80. The Morgan fingerprint density at radius 1 is 1.47 bits per heavy atom. The van der Waals surface area contributed by atoms with Gasteiger partial charge in [0, 0.05) is 6.07 Å². The zero-order valence-electron chi connectivity index (χ0n) is 8.97. The van der Waals surface area contributed by atoms with Crippen LogP contribution in [-0.4, -0.2) is 30.1 Å². The Balaban J connectivity index is 0.000000583. The molecule has 1 heterocycles. The molecule has 3 N–H and O–H groups in total. The number of hydrogen-bond acceptors (Lipinski definition) is 4. The second-order valence-corrected chi connectivity index (χ2v) is 2.79. The summed E-state index contributed by atoms with van der Waals surface area (Å²) in [5.41, 5.74) is 0. The second-order valence-electron chi connectivity index (χ2n) is 2.79. The largest absolute Gasteiger partial charge is 0.504 e. The van der Waals surface area contributed by atoms with Gasteiger partial charge in [0.1, 0.15) is 6.29 Å². The first-order chi connectivity index (χ1) is 7.15. The van der Waals surface area contributed by atoms with Gasteiger partial charge in [0.05, 0.1) is 6.54 Å². The molecule has 0 bridgehead atoms. The van der Waals surface area contributed by atoms with Gasteiger partial charge in [-0.1, -0.05) is 0 Å². The number of carbonyl (C=O) groups excluding carboxylic acids is 1. The van der Waals surface area contributed by atoms with Gasteiger partial charge in [-0.25, -0.2) is 4.57 Å². The molecule has 84 valence electrons. The summed E-state index contributed by atoms with van der Waals surface area (Å²) in [5.74, 6) is -0.177. The Morgan fingerprint density at radius 3 is 2.53 bits per heavy atom. The normalized spacial score (nSPS) is 8.93. The first kappa shape index (κ1) is 13.4. The summed E-state index contributed by atoms with van der Waals surface area (Å²) in [4.78, 5) is 8.81. The Labute approximate surface area is 89.0 Å². The van der Waals surface area contributed by atoms with Crippen LogP contribution in [0.15, 0.2) is 18.5 Å². The van der Waals surface area contributed by atoms with Crippen LogP contribution in [0.25, 0.3) is 0 Å². The molecule has 0 spiro atoms. The lowest BCUT2D eigenvalue weighted by Gasteiger charge is -1.97. The molecule has 0 aromatic carbocycles. The van der Waals surface area contributed by atoms with Gasteiger partial charge in [0.25, 0.3) is 0 Å². The average Bonchev–Trinajstić information content (AvgIpc) is 2.21. The van der Waals surface area contributed by atoms with Crippen molar-refractivity contribution < 1.29 is 19.6 Å². The molecule has 0 saturated carbocycles. The molecule has 0 saturated heterocycles. The van der Waals surface area contributed by atoms with Crippen molar-refractivity contribution in [1.82, 2.24) is 5.32 Å². The molecule has 0 aliphatic carbocycles. The molecule has 5 nitrogen and oxygen atoms in total. The number of hydrogen-bond donors (Lipinski definition) is 3. The molecule has 0 amide bonds. The molecule has 1 aromatic heterocycles. The van der Waals surface area contributed by atoms with E-state index in [-0.39, 0.29) is 11.5 Å². The zero-order valence-corrected chi connectivity index (χ0v) is 8.97. The summed E-state index contributed by atoms with van der Waals surface area (Å²) in [6.07, 6.45) is 3.96. The fraction of sp³-hybridized carbons (Fsp3) is 0.400. The van der Waals surface area contributed by atoms with E-state index in [4.69, 9.17) is 15.0 Å². The molecule has 0 unspecified atom stereocenters. The van der Waals surface area contributed by atoms with Crippen molar-refractivity contribution in [1.29, 1.82) is 0 Å². The quantitative estimate of drug-likeness (QED) is 0.480. The third-order valence-electron chi connectivity index (χ3n) is 1.59. The van der Waals surface area contributed by atoms with Crippen LogP contribution in [0, 0.1) is 0 Å². The van der Waals surface area contributed by atoms with Crippen LogP contribution in [0.2, 0.25) is 0 Å². The highest BCUT2D eigenvalue weighted by Gasteiger charge is 2.05. The number of carbonyl (C=O) groups is 1. The van der Waals surface area contributed by atoms with E-state index in [0.29, 0.717) is 0 Å². The molecule has 15 heavy (non-hydrogen) atoms. The highest BCUT2D eigenvalue weighted by atomic mass is 16.3. The number of pyridine rings is 1. The minimum Gasteiger partial charge on any atom is -0.504 e. The third-order valence-corrected chi connectivity index (χ3v) is 1.59. The first-order valence-corrected chi connectivity index (χ1v) is 4.61. The fourth-order valence-electron chi connectivity index (χ4n) is 0.898. The van der Waals surface area contributed by atoms with Gasteiger partial charge in [0.2, 0.25) is 11.9 Å². The number of aromatic nitrogens is 1. The van der Waals surface area contributed by atoms with E-state index >= 15 is 0 Å². The molecule has 1 rings (SSSR count). The average molecular weight is 213 g/mol. The first-order valence-electron chi connectivity index (χ1n) is 4.61. The predicted octanol–water partition coefficient (Wildman–Crippen LogP) is -0.190. The number of aromatic hydroxyl groups is 2. The molecule has 0 radical (unpaired) electrons. The van der Waals surface area contributed by atoms with Crippen molar-refractivity contribution in [2.45, 2.75) is 13.5 Å². The zero-order chi connectivity index (χ0) is 11.7. The molecule has 1 aromatic rings. The monoisotopic (exact) mass is 213 g/mol. The van der Waals surface area contributed by atoms with E-state index in [1.165, 1.54) is 19.2 Å². The van der Waals surface area contributed by atoms with E-state index in [1.807, 2.05) is 7.05 Å². The summed E-state index contributed by atoms with van der Waals surface area (Å²) in [7, 11) is 1.86. The predicted molar refractivity (Wildman–Crippen MR) is 55.6 cm³/mol. The maximum absolute atomic E-state index is 9.11. The second kappa shape index (κ2) is 7.75. The summed E-state index contributed by atoms with van der Waals surface area (Å²) in [6, 6.07) is 1.46. The van der Waals surface area contributed by atoms with Gasteiger partial charge in [-0.2, -0.15) is 0 Å². The van der Waals surface area contributed by atoms with Crippen LogP contribution in [0.3, 0.4) is 0 Å². The van der Waals surface area contributed by atoms with E-state index in [2.05, 4.69) is 5.32 Å². The SMILES string of the molecule is CC=O.CNCC[n+]1ccc(O)c(O)c1. The lowest BCUT2D eigenvalue weighted by molar-refractivity contribution is -0.695. The van der Waals surface area contributed by atoms with E-state index in [1.54, 1.807) is 10.8 Å². The Hall–Kier alpha value is -1.62. The van der Waals surface area contributed by atoms with Crippen molar-refractivity contribution in [3.63, 3.8) is 0 Å². The van der Waals surface area contributed by atoms with Crippen LogP contribution < -0.4 is 9.88 Å². The van der Waals surface area contributed by atoms with Gasteiger partial charge >= 0.3 is 0 Å². The van der Waals surface area contributed by atoms with E-state index in [0.717, 1.165) is 19.4 Å². The maximum Gasteiger partial charge on any atom is 0.223 e. The number of aldehydes is 1. The number of nitrogens with zero attached hydrogens (tertiary/aromatic N) is 1. The van der Waals surface area contributed by atoms with Crippen LogP contribution in [0.1, 0.15) is 6.92 Å². The van der Waals surface area contributed by atoms with Crippen molar-refractivity contribution in [2.75, 3.05) is 13.6 Å². The molecule has 0 aliphatic rings. The summed E-state index contributed by atoms with van der Waals surface area (Å²) >= 11 is 0. The minimum atomic E-state index is -0.0893. The third kappa shape index (κ3) is 5.64. The van der Waals surface area contributed by atoms with Crippen LogP contribution >= 0.6 is 0 Å². The van der Waals surface area contributed by atoms with Gasteiger partial charge in [-0.05, 0) is 14.0 Å². The molecular formula is C10H17N2O3+. The molecule has 0 fully saturated rings. The standard InChI is InChI=1S/C8H12N2O2.C2H4O/c1-9-3-5-10-4-2-7(11)8(12)6-10;1-2-3/h2,4,6,9,12H,3,5H2,1H3;2H,1H3/p+1. The van der Waals surface area contributed by atoms with Crippen LogP contribution in [0.4, 0.5) is 0 Å². The number of likely N-dealkylation sites (N-methyl/N-ethyl adjacent to an activating group) is 1. The molecule has 0 aliphatic heterocycles. The van der Waals surface area contributed by atoms with E-state index in [9.17, 15) is 0 Å². The van der Waals surface area contributed by atoms with Crippen molar-refractivity contribution in [3.05, 3.63) is 18.5 Å². The van der Waals surface area contributed by atoms with Gasteiger partial charge in [-0.3, -0.25) is 0 Å². The fourth-order valence-corrected chi connectivity index (χ4v) is 0.898. The lowest BCUT2D eigenvalue weighted by Crippen LogP contribution is -2.37. The van der Waals surface area contributed by atoms with Crippen LogP contribution in [0.5, 0.6) is 11.5 Å². The maximum atomic E-state index is 9.11. The van der Waals surface area contributed by atoms with Crippen molar-refractivity contribution in [2.24, 2.45) is 0 Å². The Kier molecular flexibility index (Phi) is 6.92. The minimum absolute atomic E-state index is 0.0873. The van der Waals surface area contributed by atoms with Gasteiger partial charge < -0.3 is 20.3 Å². The lowest BCUT2D eigenvalue weighted by atomic mass is 10.4. The Bertz CT molecular complexity index is 303. The molecular weight excluding hydrogens is 196 g/mol. The highest BCUT2D eigenvalue weighted by molar-refractivity contribution is 5.44. The molecule has 0 atom stereocenters. The number of nitrogens with one attached hydrogen (secondary N) is 1. The van der Waals surface area contributed by atoms with Crippen LogP contribution in [-0.2, 0) is 11.3 Å². The van der Waals surface area contributed by atoms with Gasteiger partial charge in [-0.15, -0.1) is 0 Å². The van der Waals surface area contributed by atoms with Crippen molar-refractivity contribution in [3.8, 4) is 11.5 Å². The van der Waals surface area contributed by atoms with Crippen molar-refractivity contribution >= 4 is 6.29 Å². The van der Waals surface area contributed by atoms with Gasteiger partial charge in [0.15, 0.2) is 18.5 Å². The summed E-state index contributed by atoms with van der Waals surface area (Å²) in [5, 5.41) is 21.1. The Morgan fingerprint density at radius 2 is 2.07 bits per heavy atom. The summed E-state index contributed by atoms with van der Waals surface area (Å²) in [6.45, 7) is 3.04. The highest BCUT2D eigenvalue weighted by Crippen LogP contribution is 2.19. The van der Waals surface area contributed by atoms with E-state index < -0.39 is 0 Å². The topological polar surface area (TPSA) is 73.4 Å². The smallest absolute Gasteiger partial charge is 0.223 e. The number of rotatable bonds is 3. The molecule has 5 heteroatoms.